The molecule has 0 aromatic carbocycles. The Kier molecular flexibility index (Phi) is 1.70. The van der Waals surface area contributed by atoms with Crippen LogP contribution in [-0.4, -0.2) is 25.1 Å². The number of rotatable bonds is 1. The number of halogens is 2. The number of hydrogen-bond acceptors (Lipinski definition) is 1. The molecule has 0 amide bonds. The third kappa shape index (κ3) is 1.06. The Labute approximate surface area is 53.0 Å². The Morgan fingerprint density at radius 2 is 2.44 bits per heavy atom. The molecule has 2 atom stereocenters. The van der Waals surface area contributed by atoms with Crippen LogP contribution in [0.5, 0.6) is 0 Å². The lowest BCUT2D eigenvalue weighted by Gasteiger charge is -2.16. The largest absolute Gasteiger partial charge is 0.375 e. The Morgan fingerprint density at radius 1 is 1.78 bits per heavy atom. The van der Waals surface area contributed by atoms with Crippen LogP contribution in [0.4, 0.5) is 8.78 Å². The van der Waals surface area contributed by atoms with Crippen LogP contribution in [-0.2, 0) is 4.74 Å². The van der Waals surface area contributed by atoms with Crippen LogP contribution in [0.2, 0.25) is 0 Å². The maximum Gasteiger partial charge on any atom is 0.167 e. The summed E-state index contributed by atoms with van der Waals surface area (Å²) in [7, 11) is 0. The summed E-state index contributed by atoms with van der Waals surface area (Å²) in [5.41, 5.74) is -1.69. The maximum absolute atomic E-state index is 12.9. The highest BCUT2D eigenvalue weighted by molar-refractivity contribution is 4.90. The number of hydrogen-bond donors (Lipinski definition) is 0. The van der Waals surface area contributed by atoms with E-state index < -0.39 is 11.8 Å². The van der Waals surface area contributed by atoms with Gasteiger partial charge in [0.15, 0.2) is 11.8 Å². The molecule has 0 aliphatic carbocycles. The van der Waals surface area contributed by atoms with Crippen molar-refractivity contribution in [3.63, 3.8) is 0 Å². The van der Waals surface area contributed by atoms with E-state index in [1.54, 1.807) is 6.92 Å². The van der Waals surface area contributed by atoms with E-state index in [0.717, 1.165) is 0 Å². The third-order valence-corrected chi connectivity index (χ3v) is 1.76. The van der Waals surface area contributed by atoms with Crippen LogP contribution < -0.4 is 0 Å². The molecule has 0 bridgehead atoms. The molecule has 2 unspecified atom stereocenters. The molecule has 0 saturated carbocycles. The maximum atomic E-state index is 12.9. The molecule has 0 aromatic rings. The molecule has 1 aliphatic heterocycles. The van der Waals surface area contributed by atoms with Crippen LogP contribution in [0.3, 0.4) is 0 Å². The van der Waals surface area contributed by atoms with Crippen molar-refractivity contribution in [1.29, 1.82) is 0 Å². The SMILES string of the molecule is CCC1(F)COCC1F. The molecule has 1 fully saturated rings. The van der Waals surface area contributed by atoms with Crippen molar-refractivity contribution < 1.29 is 13.5 Å². The van der Waals surface area contributed by atoms with E-state index in [4.69, 9.17) is 0 Å². The topological polar surface area (TPSA) is 9.23 Å². The first-order valence-corrected chi connectivity index (χ1v) is 3.10. The summed E-state index contributed by atoms with van der Waals surface area (Å²) in [6.07, 6.45) is -1.21. The Bertz CT molecular complexity index is 107. The van der Waals surface area contributed by atoms with E-state index in [2.05, 4.69) is 4.74 Å². The van der Waals surface area contributed by atoms with Gasteiger partial charge in [-0.3, -0.25) is 0 Å². The average molecular weight is 136 g/mol. The number of ether oxygens (including phenoxy) is 1. The fourth-order valence-electron chi connectivity index (χ4n) is 0.895. The fourth-order valence-corrected chi connectivity index (χ4v) is 0.895. The first kappa shape index (κ1) is 6.93. The van der Waals surface area contributed by atoms with Gasteiger partial charge in [-0.25, -0.2) is 8.78 Å². The van der Waals surface area contributed by atoms with E-state index in [1.807, 2.05) is 0 Å². The second-order valence-corrected chi connectivity index (χ2v) is 2.37. The lowest BCUT2D eigenvalue weighted by molar-refractivity contribution is 0.0779. The highest BCUT2D eigenvalue weighted by Gasteiger charge is 2.43. The van der Waals surface area contributed by atoms with Gasteiger partial charge in [-0.2, -0.15) is 0 Å². The van der Waals surface area contributed by atoms with Crippen molar-refractivity contribution >= 4 is 0 Å². The Morgan fingerprint density at radius 3 is 2.67 bits per heavy atom. The molecule has 1 nitrogen and oxygen atoms in total. The van der Waals surface area contributed by atoms with E-state index >= 15 is 0 Å². The normalized spacial score (nSPS) is 43.7. The summed E-state index contributed by atoms with van der Waals surface area (Å²) in [6, 6.07) is 0. The highest BCUT2D eigenvalue weighted by Crippen LogP contribution is 2.29. The van der Waals surface area contributed by atoms with Gasteiger partial charge in [0.1, 0.15) is 0 Å². The fraction of sp³-hybridized carbons (Fsp3) is 1.00. The molecular formula is C6H10F2O. The van der Waals surface area contributed by atoms with Crippen molar-refractivity contribution in [2.45, 2.75) is 25.2 Å². The van der Waals surface area contributed by atoms with Gasteiger partial charge in [0.05, 0.1) is 13.2 Å². The first-order valence-electron chi connectivity index (χ1n) is 3.10. The molecule has 1 rings (SSSR count). The molecule has 0 N–H and O–H groups in total. The smallest absolute Gasteiger partial charge is 0.167 e. The molecule has 1 heterocycles. The molecule has 1 aliphatic rings. The van der Waals surface area contributed by atoms with Crippen LogP contribution in [0.25, 0.3) is 0 Å². The second-order valence-electron chi connectivity index (χ2n) is 2.37. The van der Waals surface area contributed by atoms with Crippen LogP contribution >= 0.6 is 0 Å². The summed E-state index contributed by atoms with van der Waals surface area (Å²) >= 11 is 0. The Balaban J connectivity index is 2.56. The standard InChI is InChI=1S/C6H10F2O/c1-2-6(8)4-9-3-5(6)7/h5H,2-4H2,1H3. The molecular weight excluding hydrogens is 126 g/mol. The van der Waals surface area contributed by atoms with E-state index in [0.29, 0.717) is 0 Å². The molecule has 9 heavy (non-hydrogen) atoms. The second kappa shape index (κ2) is 2.21. The zero-order valence-electron chi connectivity index (χ0n) is 5.36. The molecule has 1 saturated heterocycles. The first-order chi connectivity index (χ1) is 4.19. The summed E-state index contributed by atoms with van der Waals surface area (Å²) < 4.78 is 30.0. The summed E-state index contributed by atoms with van der Waals surface area (Å²) in [5.74, 6) is 0. The molecule has 0 radical (unpaired) electrons. The minimum absolute atomic E-state index is 0.0787. The van der Waals surface area contributed by atoms with Gasteiger partial charge in [0, 0.05) is 0 Å². The molecule has 54 valence electrons. The van der Waals surface area contributed by atoms with Gasteiger partial charge in [-0.1, -0.05) is 6.92 Å². The average Bonchev–Trinajstić information content (AvgIpc) is 2.15. The van der Waals surface area contributed by atoms with Gasteiger partial charge >= 0.3 is 0 Å². The number of alkyl halides is 2. The van der Waals surface area contributed by atoms with Crippen LogP contribution in [0.15, 0.2) is 0 Å². The predicted molar refractivity (Wildman–Crippen MR) is 29.8 cm³/mol. The van der Waals surface area contributed by atoms with E-state index in [9.17, 15) is 8.78 Å². The van der Waals surface area contributed by atoms with Gasteiger partial charge in [0.25, 0.3) is 0 Å². The van der Waals surface area contributed by atoms with Crippen molar-refractivity contribution in [2.75, 3.05) is 13.2 Å². The van der Waals surface area contributed by atoms with Crippen LogP contribution in [0, 0.1) is 0 Å². The summed E-state index contributed by atoms with van der Waals surface area (Å²) in [6.45, 7) is 1.47. The zero-order valence-corrected chi connectivity index (χ0v) is 5.36. The molecule has 3 heteroatoms. The zero-order chi connectivity index (χ0) is 6.91. The quantitative estimate of drug-likeness (QED) is 0.530. The van der Waals surface area contributed by atoms with Crippen LogP contribution in [0.1, 0.15) is 13.3 Å². The van der Waals surface area contributed by atoms with Gasteiger partial charge < -0.3 is 4.74 Å². The Hall–Kier alpha value is -0.180. The van der Waals surface area contributed by atoms with E-state index in [-0.39, 0.29) is 19.6 Å². The van der Waals surface area contributed by atoms with Gasteiger partial charge in [-0.15, -0.1) is 0 Å². The molecule has 0 spiro atoms. The van der Waals surface area contributed by atoms with Gasteiger partial charge in [0.2, 0.25) is 0 Å². The van der Waals surface area contributed by atoms with Crippen molar-refractivity contribution in [3.8, 4) is 0 Å². The van der Waals surface area contributed by atoms with E-state index in [1.165, 1.54) is 0 Å². The lowest BCUT2D eigenvalue weighted by atomic mass is 10.0. The molecule has 0 aromatic heterocycles. The third-order valence-electron chi connectivity index (χ3n) is 1.76. The minimum atomic E-state index is -1.69. The minimum Gasteiger partial charge on any atom is -0.375 e. The lowest BCUT2D eigenvalue weighted by Crippen LogP contribution is -2.32. The summed E-state index contributed by atoms with van der Waals surface area (Å²) in [4.78, 5) is 0. The van der Waals surface area contributed by atoms with Crippen molar-refractivity contribution in [1.82, 2.24) is 0 Å². The summed E-state index contributed by atoms with van der Waals surface area (Å²) in [5, 5.41) is 0. The predicted octanol–water partition coefficient (Wildman–Crippen LogP) is 1.47. The monoisotopic (exact) mass is 136 g/mol. The highest BCUT2D eigenvalue weighted by atomic mass is 19.2. The van der Waals surface area contributed by atoms with Crippen molar-refractivity contribution in [2.24, 2.45) is 0 Å². The van der Waals surface area contributed by atoms with Gasteiger partial charge in [-0.05, 0) is 6.42 Å². The van der Waals surface area contributed by atoms with Crippen molar-refractivity contribution in [3.05, 3.63) is 0 Å².